The Labute approximate surface area is 126 Å². The third-order valence-corrected chi connectivity index (χ3v) is 5.12. The van der Waals surface area contributed by atoms with E-state index in [4.69, 9.17) is 5.73 Å². The summed E-state index contributed by atoms with van der Waals surface area (Å²) in [4.78, 5) is 9.17. The molecule has 116 valence electrons. The number of rotatable bonds is 4. The van der Waals surface area contributed by atoms with Crippen LogP contribution in [0.3, 0.4) is 0 Å². The van der Waals surface area contributed by atoms with E-state index in [1.807, 2.05) is 0 Å². The molecule has 0 spiro atoms. The Morgan fingerprint density at radius 2 is 2.14 bits per heavy atom. The van der Waals surface area contributed by atoms with E-state index < -0.39 is 0 Å². The van der Waals surface area contributed by atoms with Gasteiger partial charge in [0.2, 0.25) is 0 Å². The molecule has 2 fully saturated rings. The van der Waals surface area contributed by atoms with Crippen LogP contribution < -0.4 is 5.73 Å². The van der Waals surface area contributed by atoms with Gasteiger partial charge in [0, 0.05) is 31.2 Å². The molecule has 0 aromatic carbocycles. The minimum Gasteiger partial charge on any atom is -0.323 e. The molecule has 1 aromatic heterocycles. The van der Waals surface area contributed by atoms with Gasteiger partial charge >= 0.3 is 0 Å². The van der Waals surface area contributed by atoms with Crippen LogP contribution >= 0.6 is 0 Å². The van der Waals surface area contributed by atoms with Gasteiger partial charge in [0.15, 0.2) is 0 Å². The summed E-state index contributed by atoms with van der Waals surface area (Å²) >= 11 is 0. The maximum absolute atomic E-state index is 12.9. The number of likely N-dealkylation sites (tertiary alicyclic amines) is 1. The average molecular weight is 292 g/mol. The van der Waals surface area contributed by atoms with E-state index in [0.29, 0.717) is 6.04 Å². The summed E-state index contributed by atoms with van der Waals surface area (Å²) in [5.74, 6) is -0.308. The Bertz CT molecular complexity index is 464. The molecule has 2 aliphatic heterocycles. The van der Waals surface area contributed by atoms with E-state index in [-0.39, 0.29) is 11.9 Å². The molecule has 2 bridgehead atoms. The second kappa shape index (κ2) is 6.38. The van der Waals surface area contributed by atoms with Crippen LogP contribution in [0.2, 0.25) is 0 Å². The number of hydrogen-bond acceptors (Lipinski definition) is 4. The zero-order valence-electron chi connectivity index (χ0n) is 12.7. The van der Waals surface area contributed by atoms with Gasteiger partial charge in [0.05, 0.1) is 11.9 Å². The van der Waals surface area contributed by atoms with Crippen LogP contribution in [-0.4, -0.2) is 53.5 Å². The molecule has 21 heavy (non-hydrogen) atoms. The van der Waals surface area contributed by atoms with E-state index in [1.165, 1.54) is 31.5 Å². The van der Waals surface area contributed by atoms with E-state index in [1.54, 1.807) is 6.07 Å². The molecule has 0 aliphatic carbocycles. The van der Waals surface area contributed by atoms with Gasteiger partial charge in [-0.05, 0) is 51.4 Å². The van der Waals surface area contributed by atoms with Crippen molar-refractivity contribution < 1.29 is 4.39 Å². The van der Waals surface area contributed by atoms with Crippen LogP contribution in [0.25, 0.3) is 0 Å². The molecule has 4 nitrogen and oxygen atoms in total. The van der Waals surface area contributed by atoms with Crippen molar-refractivity contribution in [3.8, 4) is 0 Å². The lowest BCUT2D eigenvalue weighted by Gasteiger charge is -2.26. The number of halogens is 1. The molecule has 3 atom stereocenters. The van der Waals surface area contributed by atoms with E-state index in [9.17, 15) is 4.39 Å². The van der Waals surface area contributed by atoms with Crippen LogP contribution in [0, 0.1) is 5.82 Å². The zero-order valence-corrected chi connectivity index (χ0v) is 12.7. The number of aromatic nitrogens is 1. The van der Waals surface area contributed by atoms with Crippen molar-refractivity contribution in [1.82, 2.24) is 14.8 Å². The molecular formula is C16H25FN4. The fourth-order valence-electron chi connectivity index (χ4n) is 3.66. The smallest absolute Gasteiger partial charge is 0.141 e. The average Bonchev–Trinajstić information content (AvgIpc) is 2.72. The van der Waals surface area contributed by atoms with Crippen LogP contribution in [0.15, 0.2) is 18.3 Å². The van der Waals surface area contributed by atoms with Gasteiger partial charge in [0.1, 0.15) is 5.82 Å². The van der Waals surface area contributed by atoms with Crippen molar-refractivity contribution in [2.75, 3.05) is 26.7 Å². The predicted molar refractivity (Wildman–Crippen MR) is 81.4 cm³/mol. The number of fused-ring (bicyclic) bond motifs is 2. The van der Waals surface area contributed by atoms with Crippen LogP contribution in [0.5, 0.6) is 0 Å². The number of nitrogens with zero attached hydrogens (tertiary/aromatic N) is 3. The van der Waals surface area contributed by atoms with Gasteiger partial charge in [-0.2, -0.15) is 0 Å². The van der Waals surface area contributed by atoms with Crippen molar-refractivity contribution in [3.63, 3.8) is 0 Å². The topological polar surface area (TPSA) is 45.4 Å². The van der Waals surface area contributed by atoms with Crippen molar-refractivity contribution in [1.29, 1.82) is 0 Å². The van der Waals surface area contributed by atoms with Gasteiger partial charge in [-0.15, -0.1) is 0 Å². The fraction of sp³-hybridized carbons (Fsp3) is 0.688. The molecule has 2 N–H and O–H groups in total. The maximum Gasteiger partial charge on any atom is 0.141 e. The highest BCUT2D eigenvalue weighted by molar-refractivity contribution is 5.09. The molecule has 3 heterocycles. The van der Waals surface area contributed by atoms with Gasteiger partial charge < -0.3 is 10.6 Å². The van der Waals surface area contributed by atoms with Crippen molar-refractivity contribution in [3.05, 3.63) is 29.8 Å². The summed E-state index contributed by atoms with van der Waals surface area (Å²) in [6.45, 7) is 3.31. The van der Waals surface area contributed by atoms with Crippen LogP contribution in [0.1, 0.15) is 37.4 Å². The van der Waals surface area contributed by atoms with Crippen molar-refractivity contribution in [2.45, 2.75) is 43.8 Å². The maximum atomic E-state index is 12.9. The first-order chi connectivity index (χ1) is 10.1. The SMILES string of the molecule is CN1C2CCC1CN(CCC(N)c1ccc(F)cn1)CC2. The highest BCUT2D eigenvalue weighted by Gasteiger charge is 2.34. The lowest BCUT2D eigenvalue weighted by atomic mass is 10.1. The minimum atomic E-state index is -0.308. The number of nitrogens with two attached hydrogens (primary N) is 1. The number of likely N-dealkylation sites (N-methyl/N-ethyl adjacent to an activating group) is 1. The van der Waals surface area contributed by atoms with Gasteiger partial charge in [-0.1, -0.05) is 0 Å². The molecule has 0 saturated carbocycles. The Morgan fingerprint density at radius 3 is 2.90 bits per heavy atom. The zero-order chi connectivity index (χ0) is 14.8. The molecule has 0 radical (unpaired) electrons. The summed E-state index contributed by atoms with van der Waals surface area (Å²) in [6, 6.07) is 4.49. The minimum absolute atomic E-state index is 0.108. The van der Waals surface area contributed by atoms with Crippen molar-refractivity contribution in [2.24, 2.45) is 5.73 Å². The molecule has 5 heteroatoms. The molecule has 1 aromatic rings. The number of pyridine rings is 1. The lowest BCUT2D eigenvalue weighted by Crippen LogP contribution is -2.37. The van der Waals surface area contributed by atoms with Crippen LogP contribution in [0.4, 0.5) is 4.39 Å². The molecule has 2 aliphatic rings. The van der Waals surface area contributed by atoms with E-state index in [0.717, 1.165) is 37.8 Å². The summed E-state index contributed by atoms with van der Waals surface area (Å²) in [7, 11) is 2.26. The Kier molecular flexibility index (Phi) is 4.52. The van der Waals surface area contributed by atoms with Gasteiger partial charge in [-0.25, -0.2) is 4.39 Å². The summed E-state index contributed by atoms with van der Waals surface area (Å²) in [5, 5.41) is 0. The Hall–Kier alpha value is -1.04. The molecule has 2 saturated heterocycles. The third-order valence-electron chi connectivity index (χ3n) is 5.12. The first kappa shape index (κ1) is 14.9. The van der Waals surface area contributed by atoms with Gasteiger partial charge in [0.25, 0.3) is 0 Å². The second-order valence-electron chi connectivity index (χ2n) is 6.44. The van der Waals surface area contributed by atoms with E-state index >= 15 is 0 Å². The van der Waals surface area contributed by atoms with E-state index in [2.05, 4.69) is 21.8 Å². The van der Waals surface area contributed by atoms with Gasteiger partial charge in [-0.3, -0.25) is 9.88 Å². The van der Waals surface area contributed by atoms with Crippen molar-refractivity contribution >= 4 is 0 Å². The van der Waals surface area contributed by atoms with Crippen LogP contribution in [-0.2, 0) is 0 Å². The summed E-state index contributed by atoms with van der Waals surface area (Å²) < 4.78 is 12.9. The quantitative estimate of drug-likeness (QED) is 0.919. The second-order valence-corrected chi connectivity index (χ2v) is 6.44. The molecular weight excluding hydrogens is 267 g/mol. The first-order valence-electron chi connectivity index (χ1n) is 7.95. The highest BCUT2D eigenvalue weighted by Crippen LogP contribution is 2.28. The monoisotopic (exact) mass is 292 g/mol. The first-order valence-corrected chi connectivity index (χ1v) is 7.95. The normalized spacial score (nSPS) is 28.5. The fourth-order valence-corrected chi connectivity index (χ4v) is 3.66. The third kappa shape index (κ3) is 3.42. The Morgan fingerprint density at radius 1 is 1.33 bits per heavy atom. The Balaban J connectivity index is 1.52. The standard InChI is InChI=1S/C16H25FN4/c1-20-13-3-4-14(20)11-21(8-6-13)9-7-15(18)16-5-2-12(17)10-19-16/h2,5,10,13-15H,3-4,6-9,11,18H2,1H3. The molecule has 0 amide bonds. The highest BCUT2D eigenvalue weighted by atomic mass is 19.1. The molecule has 3 unspecified atom stereocenters. The summed E-state index contributed by atoms with van der Waals surface area (Å²) in [5.41, 5.74) is 6.96. The predicted octanol–water partition coefficient (Wildman–Crippen LogP) is 1.78. The lowest BCUT2D eigenvalue weighted by molar-refractivity contribution is 0.215. The summed E-state index contributed by atoms with van der Waals surface area (Å²) in [6.07, 6.45) is 6.06. The molecule has 3 rings (SSSR count). The largest absolute Gasteiger partial charge is 0.323 e. The number of hydrogen-bond donors (Lipinski definition) is 1.